The number of piperidine rings is 1. The number of hydrogen-bond donors (Lipinski definition) is 1. The second-order valence-electron chi connectivity index (χ2n) is 3.54. The predicted octanol–water partition coefficient (Wildman–Crippen LogP) is 0.821. The lowest BCUT2D eigenvalue weighted by Gasteiger charge is -2.35. The van der Waals surface area contributed by atoms with Crippen molar-refractivity contribution in [3.05, 3.63) is 0 Å². The molecule has 1 aliphatic rings. The first-order chi connectivity index (χ1) is 5.74. The van der Waals surface area contributed by atoms with Gasteiger partial charge in [-0.25, -0.2) is 0 Å². The Morgan fingerprint density at radius 2 is 2.25 bits per heavy atom. The lowest BCUT2D eigenvalue weighted by molar-refractivity contribution is 0.165. The van der Waals surface area contributed by atoms with Gasteiger partial charge in [0.25, 0.3) is 0 Å². The van der Waals surface area contributed by atoms with E-state index in [1.165, 1.54) is 6.42 Å². The maximum atomic E-state index is 5.87. The highest BCUT2D eigenvalue weighted by molar-refractivity contribution is 4.99. The standard InChI is InChI=1S/C10H18N2/c1-3-4-7-12-8-10(11)6-5-9(12)2/h9-10H,5-8,11H2,1-2H3. The van der Waals surface area contributed by atoms with Gasteiger partial charge >= 0.3 is 0 Å². The largest absolute Gasteiger partial charge is 0.327 e. The van der Waals surface area contributed by atoms with Crippen molar-refractivity contribution in [2.24, 2.45) is 5.73 Å². The van der Waals surface area contributed by atoms with Crippen LogP contribution < -0.4 is 5.73 Å². The van der Waals surface area contributed by atoms with Gasteiger partial charge in [-0.1, -0.05) is 5.92 Å². The first kappa shape index (κ1) is 9.57. The van der Waals surface area contributed by atoms with Crippen LogP contribution in [0, 0.1) is 11.8 Å². The molecule has 0 aromatic carbocycles. The first-order valence-corrected chi connectivity index (χ1v) is 4.63. The van der Waals surface area contributed by atoms with Crippen LogP contribution in [0.15, 0.2) is 0 Å². The highest BCUT2D eigenvalue weighted by Gasteiger charge is 2.21. The van der Waals surface area contributed by atoms with Crippen molar-refractivity contribution < 1.29 is 0 Å². The zero-order valence-corrected chi connectivity index (χ0v) is 8.01. The highest BCUT2D eigenvalue weighted by atomic mass is 15.2. The molecule has 2 heteroatoms. The molecule has 12 heavy (non-hydrogen) atoms. The Balaban J connectivity index is 2.41. The first-order valence-electron chi connectivity index (χ1n) is 4.63. The van der Waals surface area contributed by atoms with Gasteiger partial charge < -0.3 is 5.73 Å². The Bertz CT molecular complexity index is 190. The van der Waals surface area contributed by atoms with E-state index in [2.05, 4.69) is 23.7 Å². The molecular weight excluding hydrogens is 148 g/mol. The molecule has 1 saturated heterocycles. The van der Waals surface area contributed by atoms with Gasteiger partial charge in [0, 0.05) is 18.6 Å². The van der Waals surface area contributed by atoms with Crippen molar-refractivity contribution in [3.63, 3.8) is 0 Å². The molecule has 0 amide bonds. The van der Waals surface area contributed by atoms with E-state index in [1.807, 2.05) is 6.92 Å². The van der Waals surface area contributed by atoms with Gasteiger partial charge in [-0.2, -0.15) is 0 Å². The minimum atomic E-state index is 0.361. The summed E-state index contributed by atoms with van der Waals surface area (Å²) in [7, 11) is 0. The van der Waals surface area contributed by atoms with Crippen LogP contribution in [0.4, 0.5) is 0 Å². The molecule has 2 atom stereocenters. The van der Waals surface area contributed by atoms with E-state index in [0.29, 0.717) is 12.1 Å². The van der Waals surface area contributed by atoms with Gasteiger partial charge in [-0.3, -0.25) is 4.90 Å². The molecular formula is C10H18N2. The average molecular weight is 166 g/mol. The topological polar surface area (TPSA) is 29.3 Å². The number of nitrogens with zero attached hydrogens (tertiary/aromatic N) is 1. The molecule has 0 aromatic rings. The maximum absolute atomic E-state index is 5.87. The molecule has 0 bridgehead atoms. The second kappa shape index (κ2) is 4.49. The summed E-state index contributed by atoms with van der Waals surface area (Å²) < 4.78 is 0. The van der Waals surface area contributed by atoms with Crippen molar-refractivity contribution >= 4 is 0 Å². The lowest BCUT2D eigenvalue weighted by atomic mass is 10.0. The SMILES string of the molecule is CC#CCN1CC(N)CCC1C. The molecule has 0 aliphatic carbocycles. The zero-order chi connectivity index (χ0) is 8.97. The van der Waals surface area contributed by atoms with Gasteiger partial charge in [0.2, 0.25) is 0 Å². The monoisotopic (exact) mass is 166 g/mol. The highest BCUT2D eigenvalue weighted by Crippen LogP contribution is 2.14. The Morgan fingerprint density at radius 1 is 1.50 bits per heavy atom. The summed E-state index contributed by atoms with van der Waals surface area (Å²) in [4.78, 5) is 2.37. The summed E-state index contributed by atoms with van der Waals surface area (Å²) in [6, 6.07) is 1.02. The minimum Gasteiger partial charge on any atom is -0.327 e. The van der Waals surface area contributed by atoms with Gasteiger partial charge in [0.1, 0.15) is 0 Å². The molecule has 2 N–H and O–H groups in total. The summed E-state index contributed by atoms with van der Waals surface area (Å²) in [5.41, 5.74) is 5.87. The predicted molar refractivity (Wildman–Crippen MR) is 51.7 cm³/mol. The van der Waals surface area contributed by atoms with E-state index in [1.54, 1.807) is 0 Å². The van der Waals surface area contributed by atoms with Crippen LogP contribution in [-0.2, 0) is 0 Å². The van der Waals surface area contributed by atoms with E-state index in [4.69, 9.17) is 5.73 Å². The normalized spacial score (nSPS) is 30.9. The van der Waals surface area contributed by atoms with Crippen LogP contribution >= 0.6 is 0 Å². The third kappa shape index (κ3) is 2.51. The van der Waals surface area contributed by atoms with Crippen molar-refractivity contribution in [3.8, 4) is 11.8 Å². The van der Waals surface area contributed by atoms with Crippen LogP contribution in [0.25, 0.3) is 0 Å². The molecule has 0 saturated carbocycles. The van der Waals surface area contributed by atoms with Crippen LogP contribution in [0.1, 0.15) is 26.7 Å². The zero-order valence-electron chi connectivity index (χ0n) is 8.01. The number of rotatable bonds is 1. The summed E-state index contributed by atoms with van der Waals surface area (Å²) in [5.74, 6) is 6.01. The van der Waals surface area contributed by atoms with Crippen LogP contribution in [0.2, 0.25) is 0 Å². The molecule has 1 aliphatic heterocycles. The van der Waals surface area contributed by atoms with Crippen molar-refractivity contribution in [2.45, 2.75) is 38.8 Å². The van der Waals surface area contributed by atoms with Crippen molar-refractivity contribution in [2.75, 3.05) is 13.1 Å². The van der Waals surface area contributed by atoms with Gasteiger partial charge in [-0.15, -0.1) is 5.92 Å². The fraction of sp³-hybridized carbons (Fsp3) is 0.800. The fourth-order valence-corrected chi connectivity index (χ4v) is 1.61. The molecule has 68 valence electrons. The van der Waals surface area contributed by atoms with Crippen LogP contribution in [-0.4, -0.2) is 30.1 Å². The fourth-order valence-electron chi connectivity index (χ4n) is 1.61. The van der Waals surface area contributed by atoms with Crippen LogP contribution in [0.5, 0.6) is 0 Å². The Morgan fingerprint density at radius 3 is 2.92 bits per heavy atom. The van der Waals surface area contributed by atoms with E-state index in [0.717, 1.165) is 19.5 Å². The molecule has 1 rings (SSSR count). The molecule has 2 nitrogen and oxygen atoms in total. The van der Waals surface area contributed by atoms with E-state index < -0.39 is 0 Å². The summed E-state index contributed by atoms with van der Waals surface area (Å²) in [6.07, 6.45) is 2.38. The van der Waals surface area contributed by atoms with Crippen LogP contribution in [0.3, 0.4) is 0 Å². The second-order valence-corrected chi connectivity index (χ2v) is 3.54. The maximum Gasteiger partial charge on any atom is 0.0604 e. The minimum absolute atomic E-state index is 0.361. The van der Waals surface area contributed by atoms with Crippen molar-refractivity contribution in [1.29, 1.82) is 0 Å². The summed E-state index contributed by atoms with van der Waals surface area (Å²) in [6.45, 7) is 6.03. The quantitative estimate of drug-likeness (QED) is 0.584. The number of likely N-dealkylation sites (tertiary alicyclic amines) is 1. The molecule has 0 aromatic heterocycles. The van der Waals surface area contributed by atoms with Crippen molar-refractivity contribution in [1.82, 2.24) is 4.90 Å². The van der Waals surface area contributed by atoms with E-state index in [-0.39, 0.29) is 0 Å². The number of nitrogens with two attached hydrogens (primary N) is 1. The molecule has 1 heterocycles. The molecule has 2 unspecified atom stereocenters. The molecule has 1 fully saturated rings. The average Bonchev–Trinajstić information content (AvgIpc) is 2.07. The third-order valence-corrected chi connectivity index (χ3v) is 2.51. The molecule has 0 spiro atoms. The van der Waals surface area contributed by atoms with Gasteiger partial charge in [0.05, 0.1) is 6.54 Å². The smallest absolute Gasteiger partial charge is 0.0604 e. The Labute approximate surface area is 75.1 Å². The Kier molecular flexibility index (Phi) is 3.58. The van der Waals surface area contributed by atoms with E-state index in [9.17, 15) is 0 Å². The summed E-state index contributed by atoms with van der Waals surface area (Å²) in [5, 5.41) is 0. The third-order valence-electron chi connectivity index (χ3n) is 2.51. The Hall–Kier alpha value is -0.520. The van der Waals surface area contributed by atoms with E-state index >= 15 is 0 Å². The number of hydrogen-bond acceptors (Lipinski definition) is 2. The van der Waals surface area contributed by atoms with Gasteiger partial charge in [0.15, 0.2) is 0 Å². The molecule has 0 radical (unpaired) electrons. The lowest BCUT2D eigenvalue weighted by Crippen LogP contribution is -2.47. The summed E-state index contributed by atoms with van der Waals surface area (Å²) >= 11 is 0. The van der Waals surface area contributed by atoms with Gasteiger partial charge in [-0.05, 0) is 26.7 Å².